The van der Waals surface area contributed by atoms with Crippen molar-refractivity contribution in [3.05, 3.63) is 64.2 Å². The lowest BCUT2D eigenvalue weighted by Gasteiger charge is -2.36. The van der Waals surface area contributed by atoms with Gasteiger partial charge in [-0.1, -0.05) is 26.0 Å². The minimum Gasteiger partial charge on any atom is -0.507 e. The molecule has 32 heavy (non-hydrogen) atoms. The minimum atomic E-state index is -0.785. The molecular weight excluding hydrogens is 402 g/mol. The molecule has 1 aliphatic rings. The van der Waals surface area contributed by atoms with E-state index < -0.39 is 6.04 Å². The molecule has 0 bridgehead atoms. The summed E-state index contributed by atoms with van der Waals surface area (Å²) in [7, 11) is 0. The van der Waals surface area contributed by atoms with Gasteiger partial charge in [0.1, 0.15) is 11.8 Å². The van der Waals surface area contributed by atoms with Crippen molar-refractivity contribution in [1.29, 1.82) is 0 Å². The number of amides is 2. The fourth-order valence-corrected chi connectivity index (χ4v) is 4.09. The number of aromatic hydroxyl groups is 1. The minimum absolute atomic E-state index is 0.186. The van der Waals surface area contributed by atoms with Crippen molar-refractivity contribution >= 4 is 23.2 Å². The van der Waals surface area contributed by atoms with Gasteiger partial charge in [-0.15, -0.1) is 0 Å². The quantitative estimate of drug-likeness (QED) is 0.364. The summed E-state index contributed by atoms with van der Waals surface area (Å²) in [5, 5.41) is 13.2. The standard InChI is InChI=1S/C26H33N3O3/c1-15(2)7-6-8-23(30)29-12-11-19-9-10-20(27)14-21(19)24(29)26(32)28-22-13-16(3)25(31)18(5)17(22)4/h6,8-10,13-15,24,31H,7,11-12,27H2,1-5H3,(H,28,32). The van der Waals surface area contributed by atoms with E-state index in [1.807, 2.05) is 32.1 Å². The molecule has 0 fully saturated rings. The van der Waals surface area contributed by atoms with Gasteiger partial charge in [0.25, 0.3) is 5.91 Å². The maximum absolute atomic E-state index is 13.6. The predicted octanol–water partition coefficient (Wildman–Crippen LogP) is 4.57. The molecule has 6 nitrogen and oxygen atoms in total. The summed E-state index contributed by atoms with van der Waals surface area (Å²) < 4.78 is 0. The molecule has 0 spiro atoms. The summed E-state index contributed by atoms with van der Waals surface area (Å²) in [5.74, 6) is 0.191. The zero-order chi connectivity index (χ0) is 23.6. The van der Waals surface area contributed by atoms with Gasteiger partial charge < -0.3 is 21.1 Å². The second kappa shape index (κ2) is 9.47. The van der Waals surface area contributed by atoms with Crippen molar-refractivity contribution in [2.24, 2.45) is 5.92 Å². The van der Waals surface area contributed by atoms with Gasteiger partial charge in [0, 0.05) is 17.9 Å². The highest BCUT2D eigenvalue weighted by Gasteiger charge is 2.35. The maximum atomic E-state index is 13.6. The normalized spacial score (nSPS) is 15.8. The summed E-state index contributed by atoms with van der Waals surface area (Å²) in [6.45, 7) is 10.1. The number of nitrogens with two attached hydrogens (primary N) is 1. The average molecular weight is 436 g/mol. The van der Waals surface area contributed by atoms with E-state index in [4.69, 9.17) is 5.73 Å². The highest BCUT2D eigenvalue weighted by molar-refractivity contribution is 6.01. The van der Waals surface area contributed by atoms with Crippen molar-refractivity contribution in [3.63, 3.8) is 0 Å². The molecular formula is C26H33N3O3. The predicted molar refractivity (Wildman–Crippen MR) is 129 cm³/mol. The smallest absolute Gasteiger partial charge is 0.251 e. The third-order valence-corrected chi connectivity index (χ3v) is 6.11. The van der Waals surface area contributed by atoms with Crippen LogP contribution in [0.2, 0.25) is 0 Å². The van der Waals surface area contributed by atoms with Gasteiger partial charge in [0.15, 0.2) is 0 Å². The number of hydrogen-bond donors (Lipinski definition) is 3. The average Bonchev–Trinajstić information content (AvgIpc) is 2.74. The summed E-state index contributed by atoms with van der Waals surface area (Å²) in [4.78, 5) is 28.2. The van der Waals surface area contributed by atoms with Gasteiger partial charge in [0.05, 0.1) is 0 Å². The Morgan fingerprint density at radius 3 is 2.62 bits per heavy atom. The van der Waals surface area contributed by atoms with Gasteiger partial charge in [-0.3, -0.25) is 9.59 Å². The fourth-order valence-electron chi connectivity index (χ4n) is 4.09. The van der Waals surface area contributed by atoms with Crippen LogP contribution in [0.15, 0.2) is 36.4 Å². The molecule has 2 aromatic carbocycles. The van der Waals surface area contributed by atoms with Gasteiger partial charge in [-0.05, 0) is 91.6 Å². The molecule has 3 rings (SSSR count). The Hall–Kier alpha value is -3.28. The van der Waals surface area contributed by atoms with Crippen LogP contribution in [0.3, 0.4) is 0 Å². The van der Waals surface area contributed by atoms with E-state index >= 15 is 0 Å². The number of fused-ring (bicyclic) bond motifs is 1. The van der Waals surface area contributed by atoms with E-state index in [2.05, 4.69) is 19.2 Å². The molecule has 1 unspecified atom stereocenters. The Labute approximate surface area is 190 Å². The molecule has 1 heterocycles. The van der Waals surface area contributed by atoms with Crippen LogP contribution in [0.4, 0.5) is 11.4 Å². The van der Waals surface area contributed by atoms with Crippen LogP contribution >= 0.6 is 0 Å². The zero-order valence-electron chi connectivity index (χ0n) is 19.5. The molecule has 2 aromatic rings. The number of nitrogens with one attached hydrogen (secondary N) is 1. The Kier molecular flexibility index (Phi) is 6.92. The van der Waals surface area contributed by atoms with Crippen LogP contribution in [-0.4, -0.2) is 28.4 Å². The fraction of sp³-hybridized carbons (Fsp3) is 0.385. The van der Waals surface area contributed by atoms with Gasteiger partial charge >= 0.3 is 0 Å². The van der Waals surface area contributed by atoms with E-state index in [9.17, 15) is 14.7 Å². The topological polar surface area (TPSA) is 95.7 Å². The first-order chi connectivity index (χ1) is 15.1. The lowest BCUT2D eigenvalue weighted by molar-refractivity contribution is -0.135. The number of carbonyl (C=O) groups is 2. The van der Waals surface area contributed by atoms with E-state index in [0.717, 1.165) is 28.7 Å². The number of nitrogen functional groups attached to an aromatic ring is 1. The molecule has 0 radical (unpaired) electrons. The van der Waals surface area contributed by atoms with Crippen molar-refractivity contribution in [2.45, 2.75) is 53.5 Å². The van der Waals surface area contributed by atoms with Crippen molar-refractivity contribution in [3.8, 4) is 5.75 Å². The Bertz CT molecular complexity index is 1070. The second-order valence-corrected chi connectivity index (χ2v) is 9.00. The lowest BCUT2D eigenvalue weighted by Crippen LogP contribution is -2.44. The SMILES string of the molecule is Cc1cc(NC(=O)C2c3cc(N)ccc3CCN2C(=O)C=CCC(C)C)c(C)c(C)c1O. The number of allylic oxidation sites excluding steroid dienone is 1. The van der Waals surface area contributed by atoms with Crippen molar-refractivity contribution in [2.75, 3.05) is 17.6 Å². The molecule has 6 heteroatoms. The zero-order valence-corrected chi connectivity index (χ0v) is 19.5. The first-order valence-corrected chi connectivity index (χ1v) is 11.1. The van der Waals surface area contributed by atoms with Crippen molar-refractivity contribution in [1.82, 2.24) is 4.90 Å². The molecule has 0 saturated heterocycles. The second-order valence-electron chi connectivity index (χ2n) is 9.00. The van der Waals surface area contributed by atoms with E-state index in [-0.39, 0.29) is 17.6 Å². The molecule has 0 aliphatic carbocycles. The number of benzene rings is 2. The highest BCUT2D eigenvalue weighted by Crippen LogP contribution is 2.35. The third-order valence-electron chi connectivity index (χ3n) is 6.11. The van der Waals surface area contributed by atoms with Gasteiger partial charge in [0.2, 0.25) is 5.91 Å². The molecule has 4 N–H and O–H groups in total. The monoisotopic (exact) mass is 435 g/mol. The first kappa shape index (κ1) is 23.4. The third kappa shape index (κ3) is 4.79. The number of aryl methyl sites for hydroxylation is 1. The molecule has 2 amide bonds. The number of phenols is 1. The summed E-state index contributed by atoms with van der Waals surface area (Å²) in [6, 6.07) is 6.52. The van der Waals surface area contributed by atoms with Crippen LogP contribution in [0.1, 0.15) is 54.1 Å². The Balaban J connectivity index is 1.98. The van der Waals surface area contributed by atoms with Crippen LogP contribution in [0.5, 0.6) is 5.75 Å². The molecule has 0 saturated carbocycles. The molecule has 1 atom stereocenters. The number of phenolic OH excluding ortho intramolecular Hbond substituents is 1. The summed E-state index contributed by atoms with van der Waals surface area (Å²) >= 11 is 0. The molecule has 170 valence electrons. The summed E-state index contributed by atoms with van der Waals surface area (Å²) in [5.41, 5.74) is 11.2. The number of anilines is 2. The van der Waals surface area contributed by atoms with Crippen LogP contribution in [-0.2, 0) is 16.0 Å². The molecule has 1 aliphatic heterocycles. The van der Waals surface area contributed by atoms with Gasteiger partial charge in [-0.25, -0.2) is 0 Å². The van der Waals surface area contributed by atoms with E-state index in [0.29, 0.717) is 35.8 Å². The Morgan fingerprint density at radius 1 is 1.22 bits per heavy atom. The largest absolute Gasteiger partial charge is 0.507 e. The lowest BCUT2D eigenvalue weighted by atomic mass is 9.91. The maximum Gasteiger partial charge on any atom is 0.251 e. The summed E-state index contributed by atoms with van der Waals surface area (Å²) in [6.07, 6.45) is 4.90. The number of carbonyl (C=O) groups excluding carboxylic acids is 2. The van der Waals surface area contributed by atoms with Gasteiger partial charge in [-0.2, -0.15) is 0 Å². The van der Waals surface area contributed by atoms with E-state index in [1.165, 1.54) is 0 Å². The van der Waals surface area contributed by atoms with Crippen LogP contribution < -0.4 is 11.1 Å². The van der Waals surface area contributed by atoms with Crippen LogP contribution in [0, 0.1) is 26.7 Å². The number of hydrogen-bond acceptors (Lipinski definition) is 4. The Morgan fingerprint density at radius 2 is 1.94 bits per heavy atom. The van der Waals surface area contributed by atoms with E-state index in [1.54, 1.807) is 30.0 Å². The number of nitrogens with zero attached hydrogens (tertiary/aromatic N) is 1. The first-order valence-electron chi connectivity index (χ1n) is 11.1. The van der Waals surface area contributed by atoms with Crippen LogP contribution in [0.25, 0.3) is 0 Å². The molecule has 0 aromatic heterocycles. The van der Waals surface area contributed by atoms with Crippen molar-refractivity contribution < 1.29 is 14.7 Å². The number of rotatable bonds is 5. The highest BCUT2D eigenvalue weighted by atomic mass is 16.3.